The summed E-state index contributed by atoms with van der Waals surface area (Å²) in [6, 6.07) is 9.70. The second kappa shape index (κ2) is 7.29. The van der Waals surface area contributed by atoms with Crippen LogP contribution in [0.2, 0.25) is 0 Å². The molecule has 1 aliphatic rings. The molecule has 6 nitrogen and oxygen atoms in total. The normalized spacial score (nSPS) is 16.5. The van der Waals surface area contributed by atoms with E-state index in [2.05, 4.69) is 0 Å². The number of rotatable bonds is 5. The van der Waals surface area contributed by atoms with Crippen molar-refractivity contribution < 1.29 is 28.6 Å². The van der Waals surface area contributed by atoms with E-state index in [1.54, 1.807) is 35.2 Å². The van der Waals surface area contributed by atoms with Crippen molar-refractivity contribution in [2.75, 3.05) is 13.1 Å². The molecule has 2 heterocycles. The maximum atomic E-state index is 13.8. The summed E-state index contributed by atoms with van der Waals surface area (Å²) in [6.07, 6.45) is 0.612. The van der Waals surface area contributed by atoms with Gasteiger partial charge < -0.3 is 19.5 Å². The first-order chi connectivity index (χ1) is 12.4. The van der Waals surface area contributed by atoms with E-state index in [0.717, 1.165) is 0 Å². The Morgan fingerprint density at radius 3 is 2.50 bits per heavy atom. The van der Waals surface area contributed by atoms with Gasteiger partial charge in [0.2, 0.25) is 5.91 Å². The molecule has 0 atom stereocenters. The van der Waals surface area contributed by atoms with E-state index in [4.69, 9.17) is 9.52 Å². The number of aliphatic carboxylic acids is 1. The number of nitrogens with zero attached hydrogens (tertiary/aromatic N) is 1. The van der Waals surface area contributed by atoms with Gasteiger partial charge in [-0.05, 0) is 24.3 Å². The molecule has 0 aliphatic carbocycles. The highest BCUT2D eigenvalue weighted by Gasteiger charge is 2.40. The van der Waals surface area contributed by atoms with Crippen LogP contribution in [0.15, 0.2) is 40.8 Å². The first-order valence-corrected chi connectivity index (χ1v) is 8.46. The number of benzene rings is 1. The number of halogens is 1. The van der Waals surface area contributed by atoms with Crippen LogP contribution in [-0.4, -0.2) is 45.7 Å². The summed E-state index contributed by atoms with van der Waals surface area (Å²) in [7, 11) is 0. The predicted octanol–water partition coefficient (Wildman–Crippen LogP) is 2.46. The van der Waals surface area contributed by atoms with E-state index < -0.39 is 11.6 Å². The number of carboxylic acids is 1. The number of carbonyl (C=O) groups is 2. The Balaban J connectivity index is 1.55. The van der Waals surface area contributed by atoms with Crippen LogP contribution >= 0.6 is 0 Å². The maximum absolute atomic E-state index is 13.8. The first-order valence-electron chi connectivity index (χ1n) is 8.46. The monoisotopic (exact) mass is 361 g/mol. The van der Waals surface area contributed by atoms with Crippen molar-refractivity contribution in [1.29, 1.82) is 0 Å². The molecule has 1 aromatic heterocycles. The standard InChI is InChI=1S/C19H20FNO5/c20-15-4-2-1-3-14(15)16-7-5-13(26-16)6-8-17(22)21-11-9-19(25,10-12-21)18(23)24/h1-5,7,25H,6,8-12H2,(H,23,24). The minimum absolute atomic E-state index is 0.0201. The van der Waals surface area contributed by atoms with Crippen LogP contribution in [0.25, 0.3) is 11.3 Å². The third kappa shape index (κ3) is 3.77. The highest BCUT2D eigenvalue weighted by Crippen LogP contribution is 2.26. The van der Waals surface area contributed by atoms with Gasteiger partial charge in [0.05, 0.1) is 5.56 Å². The molecule has 1 fully saturated rings. The largest absolute Gasteiger partial charge is 0.479 e. The zero-order chi connectivity index (χ0) is 18.7. The van der Waals surface area contributed by atoms with Crippen LogP contribution in [0.4, 0.5) is 4.39 Å². The summed E-state index contributed by atoms with van der Waals surface area (Å²) in [5.74, 6) is -0.753. The average Bonchev–Trinajstić information content (AvgIpc) is 3.09. The lowest BCUT2D eigenvalue weighted by Gasteiger charge is -2.35. The summed E-state index contributed by atoms with van der Waals surface area (Å²) < 4.78 is 19.4. The van der Waals surface area contributed by atoms with E-state index in [1.165, 1.54) is 6.07 Å². The zero-order valence-corrected chi connectivity index (χ0v) is 14.2. The third-order valence-corrected chi connectivity index (χ3v) is 4.73. The third-order valence-electron chi connectivity index (χ3n) is 4.73. The van der Waals surface area contributed by atoms with Crippen molar-refractivity contribution in [2.45, 2.75) is 31.3 Å². The Labute approximate surface area is 149 Å². The number of piperidine rings is 1. The summed E-state index contributed by atoms with van der Waals surface area (Å²) in [5, 5.41) is 18.9. The van der Waals surface area contributed by atoms with Gasteiger partial charge in [0, 0.05) is 38.8 Å². The predicted molar refractivity (Wildman–Crippen MR) is 90.8 cm³/mol. The smallest absolute Gasteiger partial charge is 0.335 e. The SMILES string of the molecule is O=C(CCc1ccc(-c2ccccc2F)o1)N1CCC(O)(C(=O)O)CC1. The van der Waals surface area contributed by atoms with E-state index in [9.17, 15) is 19.1 Å². The lowest BCUT2D eigenvalue weighted by Crippen LogP contribution is -2.50. The van der Waals surface area contributed by atoms with Gasteiger partial charge in [-0.1, -0.05) is 12.1 Å². The second-order valence-electron chi connectivity index (χ2n) is 6.46. The van der Waals surface area contributed by atoms with Crippen LogP contribution in [-0.2, 0) is 16.0 Å². The van der Waals surface area contributed by atoms with Gasteiger partial charge in [-0.2, -0.15) is 0 Å². The number of amides is 1. The van der Waals surface area contributed by atoms with Gasteiger partial charge in [0.15, 0.2) is 5.60 Å². The lowest BCUT2D eigenvalue weighted by molar-refractivity contribution is -0.165. The number of hydrogen-bond donors (Lipinski definition) is 2. The molecule has 0 radical (unpaired) electrons. The molecule has 26 heavy (non-hydrogen) atoms. The van der Waals surface area contributed by atoms with Crippen molar-refractivity contribution in [3.8, 4) is 11.3 Å². The maximum Gasteiger partial charge on any atom is 0.335 e. The molecular formula is C19H20FNO5. The fourth-order valence-corrected chi connectivity index (χ4v) is 3.05. The highest BCUT2D eigenvalue weighted by molar-refractivity contribution is 5.79. The Hall–Kier alpha value is -2.67. The van der Waals surface area contributed by atoms with Gasteiger partial charge in [-0.15, -0.1) is 0 Å². The Kier molecular flexibility index (Phi) is 5.08. The summed E-state index contributed by atoms with van der Waals surface area (Å²) in [6.45, 7) is 0.417. The highest BCUT2D eigenvalue weighted by atomic mass is 19.1. The fourth-order valence-electron chi connectivity index (χ4n) is 3.05. The molecule has 0 saturated carbocycles. The molecule has 1 aromatic carbocycles. The van der Waals surface area contributed by atoms with Crippen LogP contribution in [0.5, 0.6) is 0 Å². The molecule has 7 heteroatoms. The van der Waals surface area contributed by atoms with Gasteiger partial charge in [-0.3, -0.25) is 4.79 Å². The molecule has 0 bridgehead atoms. The van der Waals surface area contributed by atoms with E-state index in [0.29, 0.717) is 23.5 Å². The number of hydrogen-bond acceptors (Lipinski definition) is 4. The van der Waals surface area contributed by atoms with Crippen molar-refractivity contribution in [3.63, 3.8) is 0 Å². The van der Waals surface area contributed by atoms with Crippen molar-refractivity contribution in [3.05, 3.63) is 48.0 Å². The molecule has 0 spiro atoms. The van der Waals surface area contributed by atoms with Crippen LogP contribution in [0.1, 0.15) is 25.0 Å². The Bertz CT molecular complexity index is 808. The Morgan fingerprint density at radius 2 is 1.85 bits per heavy atom. The molecule has 3 rings (SSSR count). The number of carbonyl (C=O) groups excluding carboxylic acids is 1. The van der Waals surface area contributed by atoms with Gasteiger partial charge in [0.25, 0.3) is 0 Å². The van der Waals surface area contributed by atoms with Gasteiger partial charge in [0.1, 0.15) is 17.3 Å². The first kappa shape index (κ1) is 18.1. The van der Waals surface area contributed by atoms with Crippen LogP contribution in [0, 0.1) is 5.82 Å². The van der Waals surface area contributed by atoms with Crippen molar-refractivity contribution >= 4 is 11.9 Å². The van der Waals surface area contributed by atoms with Crippen molar-refractivity contribution in [1.82, 2.24) is 4.90 Å². The fraction of sp³-hybridized carbons (Fsp3) is 0.368. The molecule has 1 amide bonds. The molecule has 2 N–H and O–H groups in total. The minimum atomic E-state index is -1.74. The Morgan fingerprint density at radius 1 is 1.15 bits per heavy atom. The number of aryl methyl sites for hydroxylation is 1. The van der Waals surface area contributed by atoms with E-state index in [-0.39, 0.29) is 44.1 Å². The molecular weight excluding hydrogens is 341 g/mol. The molecule has 138 valence electrons. The molecule has 1 aliphatic heterocycles. The number of aliphatic hydroxyl groups is 1. The van der Waals surface area contributed by atoms with Crippen LogP contribution in [0.3, 0.4) is 0 Å². The van der Waals surface area contributed by atoms with Gasteiger partial charge >= 0.3 is 5.97 Å². The van der Waals surface area contributed by atoms with E-state index >= 15 is 0 Å². The molecule has 2 aromatic rings. The minimum Gasteiger partial charge on any atom is -0.479 e. The number of likely N-dealkylation sites (tertiary alicyclic amines) is 1. The lowest BCUT2D eigenvalue weighted by atomic mass is 9.91. The molecule has 0 unspecified atom stereocenters. The number of carboxylic acid groups (broad SMARTS) is 1. The quantitative estimate of drug-likeness (QED) is 0.854. The summed E-state index contributed by atoms with van der Waals surface area (Å²) in [4.78, 5) is 24.8. The summed E-state index contributed by atoms with van der Waals surface area (Å²) in [5.41, 5.74) is -1.37. The summed E-state index contributed by atoms with van der Waals surface area (Å²) >= 11 is 0. The van der Waals surface area contributed by atoms with Gasteiger partial charge in [-0.25, -0.2) is 9.18 Å². The average molecular weight is 361 g/mol. The van der Waals surface area contributed by atoms with Crippen LogP contribution < -0.4 is 0 Å². The van der Waals surface area contributed by atoms with E-state index in [1.807, 2.05) is 0 Å². The zero-order valence-electron chi connectivity index (χ0n) is 14.2. The number of furan rings is 1. The van der Waals surface area contributed by atoms with Crippen molar-refractivity contribution in [2.24, 2.45) is 0 Å². The topological polar surface area (TPSA) is 91.0 Å². The second-order valence-corrected chi connectivity index (χ2v) is 6.46. The molecule has 1 saturated heterocycles.